The maximum atomic E-state index is 12.5. The van der Waals surface area contributed by atoms with E-state index in [2.05, 4.69) is 10.2 Å². The van der Waals surface area contributed by atoms with Crippen molar-refractivity contribution in [3.63, 3.8) is 0 Å². The second-order valence-electron chi connectivity index (χ2n) is 7.21. The number of ether oxygens (including phenoxy) is 1. The normalized spacial score (nSPS) is 13.7. The lowest BCUT2D eigenvalue weighted by Gasteiger charge is -2.35. The highest BCUT2D eigenvalue weighted by molar-refractivity contribution is 6.04. The SMILES string of the molecule is CCOc1ccc(C(=O)Nc2ccc(N3CCN(C(=O)c4ccco4)CC3)cc2)cc1. The molecule has 2 aromatic carbocycles. The summed E-state index contributed by atoms with van der Waals surface area (Å²) in [6.45, 7) is 5.26. The van der Waals surface area contributed by atoms with E-state index in [4.69, 9.17) is 9.15 Å². The van der Waals surface area contributed by atoms with Crippen molar-refractivity contribution >= 4 is 23.2 Å². The zero-order valence-corrected chi connectivity index (χ0v) is 17.4. The number of benzene rings is 2. The zero-order valence-electron chi connectivity index (χ0n) is 17.4. The molecule has 0 bridgehead atoms. The second-order valence-corrected chi connectivity index (χ2v) is 7.21. The zero-order chi connectivity index (χ0) is 21.6. The van der Waals surface area contributed by atoms with Crippen molar-refractivity contribution in [1.29, 1.82) is 0 Å². The number of amides is 2. The van der Waals surface area contributed by atoms with Gasteiger partial charge in [-0.2, -0.15) is 0 Å². The third-order valence-electron chi connectivity index (χ3n) is 5.22. The molecule has 2 amide bonds. The van der Waals surface area contributed by atoms with Gasteiger partial charge in [-0.1, -0.05) is 0 Å². The highest BCUT2D eigenvalue weighted by Gasteiger charge is 2.23. The Hall–Kier alpha value is -3.74. The standard InChI is InChI=1S/C24H25N3O4/c1-2-30-21-11-5-18(6-12-21)23(28)25-19-7-9-20(10-8-19)26-13-15-27(16-14-26)24(29)22-4-3-17-31-22/h3-12,17H,2,13-16H2,1H3,(H,25,28). The minimum absolute atomic E-state index is 0.0722. The molecule has 1 aliphatic heterocycles. The fraction of sp³-hybridized carbons (Fsp3) is 0.250. The summed E-state index contributed by atoms with van der Waals surface area (Å²) in [6, 6.07) is 18.2. The molecule has 2 heterocycles. The maximum absolute atomic E-state index is 12.5. The van der Waals surface area contributed by atoms with Crippen LogP contribution in [-0.2, 0) is 0 Å². The summed E-state index contributed by atoms with van der Waals surface area (Å²) in [4.78, 5) is 28.9. The van der Waals surface area contributed by atoms with Crippen molar-refractivity contribution in [3.8, 4) is 5.75 Å². The lowest BCUT2D eigenvalue weighted by molar-refractivity contribution is 0.0714. The van der Waals surface area contributed by atoms with E-state index < -0.39 is 0 Å². The van der Waals surface area contributed by atoms with Gasteiger partial charge in [-0.05, 0) is 67.6 Å². The summed E-state index contributed by atoms with van der Waals surface area (Å²) in [5.74, 6) is 0.883. The topological polar surface area (TPSA) is 75.0 Å². The van der Waals surface area contributed by atoms with Gasteiger partial charge in [0.2, 0.25) is 0 Å². The van der Waals surface area contributed by atoms with Gasteiger partial charge in [-0.15, -0.1) is 0 Å². The summed E-state index contributed by atoms with van der Waals surface area (Å²) < 4.78 is 10.6. The number of nitrogens with zero attached hydrogens (tertiary/aromatic N) is 2. The van der Waals surface area contributed by atoms with Crippen LogP contribution in [0.15, 0.2) is 71.3 Å². The van der Waals surface area contributed by atoms with Crippen LogP contribution in [0.2, 0.25) is 0 Å². The average molecular weight is 419 g/mol. The molecular formula is C24H25N3O4. The molecule has 1 fully saturated rings. The molecule has 0 aliphatic carbocycles. The second kappa shape index (κ2) is 9.38. The summed E-state index contributed by atoms with van der Waals surface area (Å²) in [7, 11) is 0. The Morgan fingerprint density at radius 1 is 0.968 bits per heavy atom. The van der Waals surface area contributed by atoms with Crippen molar-refractivity contribution < 1.29 is 18.7 Å². The quantitative estimate of drug-likeness (QED) is 0.656. The molecule has 7 heteroatoms. The molecule has 0 radical (unpaired) electrons. The third-order valence-corrected chi connectivity index (χ3v) is 5.22. The first-order chi connectivity index (χ1) is 15.1. The molecule has 7 nitrogen and oxygen atoms in total. The molecule has 0 spiro atoms. The van der Waals surface area contributed by atoms with Gasteiger partial charge in [0.15, 0.2) is 5.76 Å². The van der Waals surface area contributed by atoms with Gasteiger partial charge in [-0.3, -0.25) is 9.59 Å². The van der Waals surface area contributed by atoms with Crippen LogP contribution >= 0.6 is 0 Å². The number of carbonyl (C=O) groups excluding carboxylic acids is 2. The van der Waals surface area contributed by atoms with Crippen molar-refractivity contribution in [2.45, 2.75) is 6.92 Å². The summed E-state index contributed by atoms with van der Waals surface area (Å²) in [5, 5.41) is 2.92. The van der Waals surface area contributed by atoms with Crippen LogP contribution < -0.4 is 15.0 Å². The number of hydrogen-bond acceptors (Lipinski definition) is 5. The number of hydrogen-bond donors (Lipinski definition) is 1. The number of anilines is 2. The van der Waals surface area contributed by atoms with E-state index in [1.807, 2.05) is 31.2 Å². The third kappa shape index (κ3) is 4.88. The number of nitrogens with one attached hydrogen (secondary N) is 1. The first kappa shape index (κ1) is 20.5. The molecule has 1 aliphatic rings. The molecular weight excluding hydrogens is 394 g/mol. The van der Waals surface area contributed by atoms with E-state index in [1.54, 1.807) is 41.3 Å². The summed E-state index contributed by atoms with van der Waals surface area (Å²) in [5.41, 5.74) is 2.36. The Morgan fingerprint density at radius 3 is 2.29 bits per heavy atom. The highest BCUT2D eigenvalue weighted by Crippen LogP contribution is 2.21. The van der Waals surface area contributed by atoms with Crippen LogP contribution in [0.3, 0.4) is 0 Å². The van der Waals surface area contributed by atoms with Crippen LogP contribution in [0.4, 0.5) is 11.4 Å². The van der Waals surface area contributed by atoms with E-state index in [0.29, 0.717) is 31.0 Å². The number of furan rings is 1. The Kier molecular flexibility index (Phi) is 6.21. The molecule has 4 rings (SSSR count). The number of carbonyl (C=O) groups is 2. The van der Waals surface area contributed by atoms with E-state index in [9.17, 15) is 9.59 Å². The minimum Gasteiger partial charge on any atom is -0.494 e. The maximum Gasteiger partial charge on any atom is 0.289 e. The molecule has 3 aromatic rings. The lowest BCUT2D eigenvalue weighted by atomic mass is 10.2. The lowest BCUT2D eigenvalue weighted by Crippen LogP contribution is -2.48. The van der Waals surface area contributed by atoms with Gasteiger partial charge >= 0.3 is 0 Å². The van der Waals surface area contributed by atoms with Gasteiger partial charge in [0, 0.05) is 43.1 Å². The molecule has 0 saturated carbocycles. The predicted molar refractivity (Wildman–Crippen MR) is 119 cm³/mol. The Bertz CT molecular complexity index is 1010. The van der Waals surface area contributed by atoms with Crippen LogP contribution in [0.25, 0.3) is 0 Å². The van der Waals surface area contributed by atoms with E-state index in [-0.39, 0.29) is 11.8 Å². The Labute approximate surface area is 181 Å². The molecule has 160 valence electrons. The van der Waals surface area contributed by atoms with Gasteiger partial charge in [0.1, 0.15) is 5.75 Å². The smallest absolute Gasteiger partial charge is 0.289 e. The molecule has 1 saturated heterocycles. The van der Waals surface area contributed by atoms with Crippen LogP contribution in [0.1, 0.15) is 27.8 Å². The fourth-order valence-electron chi connectivity index (χ4n) is 3.55. The van der Waals surface area contributed by atoms with E-state index >= 15 is 0 Å². The van der Waals surface area contributed by atoms with Gasteiger partial charge in [0.25, 0.3) is 11.8 Å². The Morgan fingerprint density at radius 2 is 1.68 bits per heavy atom. The molecule has 31 heavy (non-hydrogen) atoms. The van der Waals surface area contributed by atoms with Crippen molar-refractivity contribution in [2.75, 3.05) is 43.0 Å². The Balaban J connectivity index is 1.31. The predicted octanol–water partition coefficient (Wildman–Crippen LogP) is 3.89. The number of piperazine rings is 1. The molecule has 1 aromatic heterocycles. The highest BCUT2D eigenvalue weighted by atomic mass is 16.5. The summed E-state index contributed by atoms with van der Waals surface area (Å²) in [6.07, 6.45) is 1.51. The summed E-state index contributed by atoms with van der Waals surface area (Å²) >= 11 is 0. The van der Waals surface area contributed by atoms with Gasteiger partial charge < -0.3 is 24.3 Å². The molecule has 0 unspecified atom stereocenters. The van der Waals surface area contributed by atoms with E-state index in [0.717, 1.165) is 30.2 Å². The molecule has 0 atom stereocenters. The van der Waals surface area contributed by atoms with Gasteiger partial charge in [-0.25, -0.2) is 0 Å². The minimum atomic E-state index is -0.166. The largest absolute Gasteiger partial charge is 0.494 e. The van der Waals surface area contributed by atoms with Crippen molar-refractivity contribution in [1.82, 2.24) is 4.90 Å². The average Bonchev–Trinajstić information content (AvgIpc) is 3.35. The van der Waals surface area contributed by atoms with Crippen LogP contribution in [0, 0.1) is 0 Å². The van der Waals surface area contributed by atoms with E-state index in [1.165, 1.54) is 6.26 Å². The van der Waals surface area contributed by atoms with Gasteiger partial charge in [0.05, 0.1) is 12.9 Å². The van der Waals surface area contributed by atoms with Crippen LogP contribution in [-0.4, -0.2) is 49.5 Å². The first-order valence-electron chi connectivity index (χ1n) is 10.4. The first-order valence-corrected chi connectivity index (χ1v) is 10.4. The van der Waals surface area contributed by atoms with Crippen molar-refractivity contribution in [2.24, 2.45) is 0 Å². The van der Waals surface area contributed by atoms with Crippen LogP contribution in [0.5, 0.6) is 5.75 Å². The fourth-order valence-corrected chi connectivity index (χ4v) is 3.55. The molecule has 1 N–H and O–H groups in total. The van der Waals surface area contributed by atoms with Crippen molar-refractivity contribution in [3.05, 3.63) is 78.3 Å². The number of rotatable bonds is 6. The monoisotopic (exact) mass is 419 g/mol.